The van der Waals surface area contributed by atoms with E-state index in [4.69, 9.17) is 0 Å². The second-order valence-electron chi connectivity index (χ2n) is 7.15. The van der Waals surface area contributed by atoms with Crippen molar-refractivity contribution in [3.63, 3.8) is 0 Å². The van der Waals surface area contributed by atoms with Gasteiger partial charge in [-0.05, 0) is 55.9 Å². The van der Waals surface area contributed by atoms with Crippen LogP contribution in [0.15, 0.2) is 0 Å². The van der Waals surface area contributed by atoms with Gasteiger partial charge in [0.25, 0.3) is 0 Å². The van der Waals surface area contributed by atoms with E-state index >= 15 is 0 Å². The van der Waals surface area contributed by atoms with E-state index in [1.54, 1.807) is 0 Å². The molecule has 0 radical (unpaired) electrons. The molecule has 1 rings (SSSR count). The molecular weight excluding hydrogens is 218 g/mol. The summed E-state index contributed by atoms with van der Waals surface area (Å²) < 4.78 is 0. The fourth-order valence-corrected chi connectivity index (χ4v) is 3.80. The van der Waals surface area contributed by atoms with E-state index < -0.39 is 0 Å². The molecule has 1 fully saturated rings. The van der Waals surface area contributed by atoms with Gasteiger partial charge in [0.05, 0.1) is 0 Å². The highest BCUT2D eigenvalue weighted by atomic mass is 14.9. The first kappa shape index (κ1) is 16.0. The van der Waals surface area contributed by atoms with Crippen LogP contribution in [0.3, 0.4) is 0 Å². The maximum Gasteiger partial charge on any atom is 0.0118 e. The van der Waals surface area contributed by atoms with Crippen LogP contribution in [0.4, 0.5) is 0 Å². The highest BCUT2D eigenvalue weighted by Gasteiger charge is 2.29. The first-order chi connectivity index (χ1) is 8.54. The summed E-state index contributed by atoms with van der Waals surface area (Å²) in [5.74, 6) is 3.57. The van der Waals surface area contributed by atoms with Crippen LogP contribution < -0.4 is 5.32 Å². The van der Waals surface area contributed by atoms with Crippen molar-refractivity contribution in [2.75, 3.05) is 6.54 Å². The zero-order valence-corrected chi connectivity index (χ0v) is 13.3. The lowest BCUT2D eigenvalue weighted by Crippen LogP contribution is -2.42. The Balaban J connectivity index is 2.50. The minimum Gasteiger partial charge on any atom is -0.313 e. The molecule has 18 heavy (non-hydrogen) atoms. The molecule has 0 saturated heterocycles. The van der Waals surface area contributed by atoms with Gasteiger partial charge < -0.3 is 5.32 Å². The molecule has 0 aromatic rings. The molecule has 0 aliphatic heterocycles. The standard InChI is InChI=1S/C17H35N/c1-6-10-18-17(14(4)5)16-9-7-8-15(12-16)11-13(2)3/h13-18H,6-12H2,1-5H3. The molecule has 1 N–H and O–H groups in total. The summed E-state index contributed by atoms with van der Waals surface area (Å²) in [5.41, 5.74) is 0. The fraction of sp³-hybridized carbons (Fsp3) is 1.00. The maximum atomic E-state index is 3.81. The van der Waals surface area contributed by atoms with E-state index in [1.165, 1.54) is 45.1 Å². The number of hydrogen-bond acceptors (Lipinski definition) is 1. The first-order valence-electron chi connectivity index (χ1n) is 8.27. The molecule has 0 spiro atoms. The van der Waals surface area contributed by atoms with E-state index in [9.17, 15) is 0 Å². The first-order valence-corrected chi connectivity index (χ1v) is 8.27. The van der Waals surface area contributed by atoms with E-state index in [0.29, 0.717) is 0 Å². The Bertz CT molecular complexity index is 210. The molecule has 0 aromatic carbocycles. The fourth-order valence-electron chi connectivity index (χ4n) is 3.80. The van der Waals surface area contributed by atoms with E-state index in [-0.39, 0.29) is 0 Å². The summed E-state index contributed by atoms with van der Waals surface area (Å²) in [6, 6.07) is 0.750. The third-order valence-electron chi connectivity index (χ3n) is 4.48. The lowest BCUT2D eigenvalue weighted by molar-refractivity contribution is 0.168. The summed E-state index contributed by atoms with van der Waals surface area (Å²) in [5, 5.41) is 3.81. The highest BCUT2D eigenvalue weighted by molar-refractivity contribution is 4.84. The third kappa shape index (κ3) is 5.30. The summed E-state index contributed by atoms with van der Waals surface area (Å²) in [6.07, 6.45) is 8.55. The second kappa shape index (κ2) is 8.19. The SMILES string of the molecule is CCCNC(C(C)C)C1CCCC(CC(C)C)C1. The lowest BCUT2D eigenvalue weighted by Gasteiger charge is -2.37. The Morgan fingerprint density at radius 2 is 1.83 bits per heavy atom. The summed E-state index contributed by atoms with van der Waals surface area (Å²) in [6.45, 7) is 13.0. The second-order valence-corrected chi connectivity index (χ2v) is 7.15. The van der Waals surface area contributed by atoms with Crippen molar-refractivity contribution in [1.29, 1.82) is 0 Å². The van der Waals surface area contributed by atoms with Crippen molar-refractivity contribution in [2.45, 2.75) is 79.2 Å². The third-order valence-corrected chi connectivity index (χ3v) is 4.48. The minimum atomic E-state index is 0.750. The van der Waals surface area contributed by atoms with Gasteiger partial charge in [0.2, 0.25) is 0 Å². The van der Waals surface area contributed by atoms with Crippen LogP contribution in [0.25, 0.3) is 0 Å². The van der Waals surface area contributed by atoms with Crippen molar-refractivity contribution >= 4 is 0 Å². The Labute approximate surface area is 115 Å². The molecule has 1 saturated carbocycles. The van der Waals surface area contributed by atoms with Crippen LogP contribution in [0.2, 0.25) is 0 Å². The number of nitrogens with one attached hydrogen (secondary N) is 1. The summed E-state index contributed by atoms with van der Waals surface area (Å²) in [4.78, 5) is 0. The van der Waals surface area contributed by atoms with Crippen LogP contribution in [-0.4, -0.2) is 12.6 Å². The van der Waals surface area contributed by atoms with Crippen molar-refractivity contribution < 1.29 is 0 Å². The Kier molecular flexibility index (Phi) is 7.29. The Morgan fingerprint density at radius 3 is 2.39 bits per heavy atom. The zero-order chi connectivity index (χ0) is 13.5. The molecular formula is C17H35N. The molecule has 1 aliphatic rings. The van der Waals surface area contributed by atoms with Gasteiger partial charge in [0.1, 0.15) is 0 Å². The molecule has 3 atom stereocenters. The summed E-state index contributed by atoms with van der Waals surface area (Å²) >= 11 is 0. The van der Waals surface area contributed by atoms with Crippen molar-refractivity contribution in [3.05, 3.63) is 0 Å². The topological polar surface area (TPSA) is 12.0 Å². The smallest absolute Gasteiger partial charge is 0.0118 e. The van der Waals surface area contributed by atoms with Gasteiger partial charge in [0.15, 0.2) is 0 Å². The highest BCUT2D eigenvalue weighted by Crippen LogP contribution is 2.36. The van der Waals surface area contributed by atoms with Gasteiger partial charge >= 0.3 is 0 Å². The minimum absolute atomic E-state index is 0.750. The van der Waals surface area contributed by atoms with Gasteiger partial charge in [-0.1, -0.05) is 47.5 Å². The monoisotopic (exact) mass is 253 g/mol. The number of hydrogen-bond donors (Lipinski definition) is 1. The Hall–Kier alpha value is -0.0400. The average Bonchev–Trinajstić information content (AvgIpc) is 2.28. The predicted octanol–water partition coefficient (Wildman–Crippen LogP) is 4.86. The molecule has 0 bridgehead atoms. The van der Waals surface area contributed by atoms with E-state index in [0.717, 1.165) is 29.7 Å². The van der Waals surface area contributed by atoms with Crippen molar-refractivity contribution in [1.82, 2.24) is 5.32 Å². The van der Waals surface area contributed by atoms with Crippen LogP contribution >= 0.6 is 0 Å². The van der Waals surface area contributed by atoms with Crippen LogP contribution in [0, 0.1) is 23.7 Å². The predicted molar refractivity (Wildman–Crippen MR) is 81.8 cm³/mol. The van der Waals surface area contributed by atoms with E-state index in [2.05, 4.69) is 39.9 Å². The normalized spacial score (nSPS) is 26.8. The molecule has 1 aliphatic carbocycles. The molecule has 1 heteroatoms. The molecule has 1 nitrogen and oxygen atoms in total. The Morgan fingerprint density at radius 1 is 1.11 bits per heavy atom. The zero-order valence-electron chi connectivity index (χ0n) is 13.3. The van der Waals surface area contributed by atoms with Crippen molar-refractivity contribution in [2.24, 2.45) is 23.7 Å². The van der Waals surface area contributed by atoms with E-state index in [1.807, 2.05) is 0 Å². The molecule has 0 amide bonds. The lowest BCUT2D eigenvalue weighted by atomic mass is 9.73. The van der Waals surface area contributed by atoms with Crippen LogP contribution in [0.5, 0.6) is 0 Å². The molecule has 3 unspecified atom stereocenters. The quantitative estimate of drug-likeness (QED) is 0.683. The number of rotatable bonds is 7. The van der Waals surface area contributed by atoms with Gasteiger partial charge in [-0.15, -0.1) is 0 Å². The van der Waals surface area contributed by atoms with Crippen LogP contribution in [0.1, 0.15) is 73.1 Å². The van der Waals surface area contributed by atoms with Gasteiger partial charge in [-0.25, -0.2) is 0 Å². The summed E-state index contributed by atoms with van der Waals surface area (Å²) in [7, 11) is 0. The van der Waals surface area contributed by atoms with Gasteiger partial charge in [-0.2, -0.15) is 0 Å². The molecule has 108 valence electrons. The van der Waals surface area contributed by atoms with Crippen molar-refractivity contribution in [3.8, 4) is 0 Å². The average molecular weight is 253 g/mol. The van der Waals surface area contributed by atoms with Gasteiger partial charge in [0, 0.05) is 6.04 Å². The van der Waals surface area contributed by atoms with Gasteiger partial charge in [-0.3, -0.25) is 0 Å². The van der Waals surface area contributed by atoms with Crippen LogP contribution in [-0.2, 0) is 0 Å². The molecule has 0 aromatic heterocycles. The maximum absolute atomic E-state index is 3.81. The largest absolute Gasteiger partial charge is 0.313 e. The molecule has 0 heterocycles.